The fourth-order valence-electron chi connectivity index (χ4n) is 2.16. The van der Waals surface area contributed by atoms with E-state index < -0.39 is 24.0 Å². The minimum atomic E-state index is -1.12. The lowest BCUT2D eigenvalue weighted by Gasteiger charge is -2.17. The highest BCUT2D eigenvalue weighted by Gasteiger charge is 2.28. The van der Waals surface area contributed by atoms with Crippen LogP contribution in [-0.4, -0.2) is 35.7 Å². The van der Waals surface area contributed by atoms with E-state index in [0.717, 1.165) is 6.42 Å². The van der Waals surface area contributed by atoms with Gasteiger partial charge >= 0.3 is 5.97 Å². The molecule has 1 aromatic rings. The number of halogens is 2. The summed E-state index contributed by atoms with van der Waals surface area (Å²) >= 11 is 11.8. The van der Waals surface area contributed by atoms with Gasteiger partial charge in [0.1, 0.15) is 12.1 Å². The van der Waals surface area contributed by atoms with Gasteiger partial charge in [-0.15, -0.1) is 0 Å². The average Bonchev–Trinajstić information content (AvgIpc) is 2.94. The molecule has 7 heteroatoms. The van der Waals surface area contributed by atoms with Crippen LogP contribution < -0.4 is 5.32 Å². The molecule has 5 nitrogen and oxygen atoms in total. The highest BCUT2D eigenvalue weighted by molar-refractivity contribution is 6.35. The van der Waals surface area contributed by atoms with Crippen LogP contribution in [0.5, 0.6) is 0 Å². The number of benzene rings is 1. The number of nitrogens with one attached hydrogen (secondary N) is 1. The monoisotopic (exact) mass is 331 g/mol. The summed E-state index contributed by atoms with van der Waals surface area (Å²) in [6, 6.07) is 3.77. The van der Waals surface area contributed by atoms with Gasteiger partial charge in [-0.1, -0.05) is 29.3 Å². The minimum absolute atomic E-state index is 0.0871. The molecule has 1 aliphatic rings. The van der Waals surface area contributed by atoms with Gasteiger partial charge in [0.2, 0.25) is 5.91 Å². The molecule has 0 unspecified atom stereocenters. The van der Waals surface area contributed by atoms with E-state index in [9.17, 15) is 14.7 Å². The summed E-state index contributed by atoms with van der Waals surface area (Å²) in [7, 11) is 0. The smallest absolute Gasteiger partial charge is 0.326 e. The van der Waals surface area contributed by atoms with Crippen molar-refractivity contribution in [2.75, 3.05) is 6.61 Å². The molecule has 1 aliphatic heterocycles. The Balaban J connectivity index is 2.04. The van der Waals surface area contributed by atoms with Crippen molar-refractivity contribution in [2.45, 2.75) is 31.4 Å². The topological polar surface area (TPSA) is 75.6 Å². The van der Waals surface area contributed by atoms with Crippen LogP contribution in [0.25, 0.3) is 0 Å². The van der Waals surface area contributed by atoms with Crippen LogP contribution in [0.2, 0.25) is 10.0 Å². The zero-order valence-corrected chi connectivity index (χ0v) is 12.7. The Bertz CT molecular complexity index is 544. The molecule has 21 heavy (non-hydrogen) atoms. The number of carbonyl (C=O) groups excluding carboxylic acids is 1. The van der Waals surface area contributed by atoms with Gasteiger partial charge in [0.25, 0.3) is 0 Å². The van der Waals surface area contributed by atoms with E-state index in [1.54, 1.807) is 18.2 Å². The summed E-state index contributed by atoms with van der Waals surface area (Å²) in [5.74, 6) is -1.52. The van der Waals surface area contributed by atoms with Gasteiger partial charge in [-0.3, -0.25) is 4.79 Å². The molecule has 2 atom stereocenters. The van der Waals surface area contributed by atoms with Crippen molar-refractivity contribution in [2.24, 2.45) is 0 Å². The molecule has 1 fully saturated rings. The fraction of sp³-hybridized carbons (Fsp3) is 0.429. The summed E-state index contributed by atoms with van der Waals surface area (Å²) in [6.45, 7) is 0.527. The summed E-state index contributed by atoms with van der Waals surface area (Å²) in [4.78, 5) is 23.2. The van der Waals surface area contributed by atoms with Gasteiger partial charge in [0.15, 0.2) is 0 Å². The fourth-order valence-corrected chi connectivity index (χ4v) is 2.64. The first-order valence-electron chi connectivity index (χ1n) is 6.56. The van der Waals surface area contributed by atoms with Crippen LogP contribution in [0.3, 0.4) is 0 Å². The summed E-state index contributed by atoms with van der Waals surface area (Å²) < 4.78 is 5.24. The van der Waals surface area contributed by atoms with E-state index in [2.05, 4.69) is 5.32 Å². The van der Waals surface area contributed by atoms with E-state index in [1.807, 2.05) is 0 Å². The highest BCUT2D eigenvalue weighted by atomic mass is 35.5. The Kier molecular flexibility index (Phi) is 5.45. The number of hydrogen-bond donors (Lipinski definition) is 2. The van der Waals surface area contributed by atoms with Crippen molar-refractivity contribution in [3.8, 4) is 0 Å². The summed E-state index contributed by atoms with van der Waals surface area (Å²) in [5.41, 5.74) is 0.612. The van der Waals surface area contributed by atoms with Gasteiger partial charge in [-0.25, -0.2) is 4.79 Å². The first-order chi connectivity index (χ1) is 9.97. The van der Waals surface area contributed by atoms with E-state index in [0.29, 0.717) is 28.6 Å². The molecule has 0 spiro atoms. The van der Waals surface area contributed by atoms with Gasteiger partial charge < -0.3 is 15.2 Å². The largest absolute Gasteiger partial charge is 0.480 e. The number of rotatable bonds is 5. The van der Waals surface area contributed by atoms with Gasteiger partial charge in [0, 0.05) is 23.1 Å². The maximum Gasteiger partial charge on any atom is 0.326 e. The molecule has 1 saturated heterocycles. The predicted octanol–water partition coefficient (Wildman–Crippen LogP) is 2.28. The maximum absolute atomic E-state index is 11.9. The number of hydrogen-bond acceptors (Lipinski definition) is 3. The standard InChI is InChI=1S/C14H15Cl2NO4/c15-9-4-3-8(10(16)7-9)6-11(14(19)20)17-13(18)12-2-1-5-21-12/h3-4,7,11-12H,1-2,5-6H2,(H,17,18)(H,19,20)/t11-,12-/m1/s1. The van der Waals surface area contributed by atoms with Crippen LogP contribution in [0.1, 0.15) is 18.4 Å². The van der Waals surface area contributed by atoms with Crippen molar-refractivity contribution in [1.82, 2.24) is 5.32 Å². The number of ether oxygens (including phenoxy) is 1. The molecule has 2 N–H and O–H groups in total. The third-order valence-electron chi connectivity index (χ3n) is 3.28. The molecular weight excluding hydrogens is 317 g/mol. The minimum Gasteiger partial charge on any atom is -0.480 e. The van der Waals surface area contributed by atoms with Crippen LogP contribution >= 0.6 is 23.2 Å². The first kappa shape index (κ1) is 16.1. The Hall–Kier alpha value is -1.30. The quantitative estimate of drug-likeness (QED) is 0.867. The molecular formula is C14H15Cl2NO4. The molecule has 0 bridgehead atoms. The molecule has 0 radical (unpaired) electrons. The Morgan fingerprint density at radius 2 is 2.19 bits per heavy atom. The summed E-state index contributed by atoms with van der Waals surface area (Å²) in [5, 5.41) is 12.6. The number of carbonyl (C=O) groups is 2. The third-order valence-corrected chi connectivity index (χ3v) is 3.86. The second-order valence-corrected chi connectivity index (χ2v) is 5.68. The molecule has 114 valence electrons. The second-order valence-electron chi connectivity index (χ2n) is 4.84. The number of aliphatic carboxylic acids is 1. The lowest BCUT2D eigenvalue weighted by molar-refractivity contribution is -0.143. The molecule has 1 amide bonds. The third kappa shape index (κ3) is 4.33. The number of amides is 1. The zero-order valence-electron chi connectivity index (χ0n) is 11.1. The lowest BCUT2D eigenvalue weighted by Crippen LogP contribution is -2.46. The normalized spacial score (nSPS) is 19.2. The Morgan fingerprint density at radius 3 is 2.76 bits per heavy atom. The van der Waals surface area contributed by atoms with Crippen molar-refractivity contribution >= 4 is 35.1 Å². The molecule has 0 saturated carbocycles. The predicted molar refractivity (Wildman–Crippen MR) is 78.7 cm³/mol. The van der Waals surface area contributed by atoms with Crippen molar-refractivity contribution in [1.29, 1.82) is 0 Å². The zero-order chi connectivity index (χ0) is 15.4. The van der Waals surface area contributed by atoms with E-state index in [4.69, 9.17) is 27.9 Å². The molecule has 2 rings (SSSR count). The Labute approximate surface area is 132 Å². The lowest BCUT2D eigenvalue weighted by atomic mass is 10.1. The number of carboxylic acid groups (broad SMARTS) is 1. The van der Waals surface area contributed by atoms with E-state index in [-0.39, 0.29) is 6.42 Å². The SMILES string of the molecule is O=C(O)[C@@H](Cc1ccc(Cl)cc1Cl)NC(=O)[C@H]1CCCO1. The van der Waals surface area contributed by atoms with Gasteiger partial charge in [-0.05, 0) is 30.5 Å². The molecule has 0 aromatic heterocycles. The Morgan fingerprint density at radius 1 is 1.43 bits per heavy atom. The van der Waals surface area contributed by atoms with Crippen molar-refractivity contribution in [3.63, 3.8) is 0 Å². The molecule has 0 aliphatic carbocycles. The average molecular weight is 332 g/mol. The van der Waals surface area contributed by atoms with Crippen LogP contribution in [0, 0.1) is 0 Å². The second kappa shape index (κ2) is 7.11. The van der Waals surface area contributed by atoms with Crippen molar-refractivity contribution < 1.29 is 19.4 Å². The number of carboxylic acids is 1. The van der Waals surface area contributed by atoms with Crippen LogP contribution in [-0.2, 0) is 20.7 Å². The summed E-state index contributed by atoms with van der Waals surface area (Å²) in [6.07, 6.45) is 0.940. The first-order valence-corrected chi connectivity index (χ1v) is 7.31. The maximum atomic E-state index is 11.9. The van der Waals surface area contributed by atoms with E-state index in [1.165, 1.54) is 0 Å². The van der Waals surface area contributed by atoms with Gasteiger partial charge in [-0.2, -0.15) is 0 Å². The van der Waals surface area contributed by atoms with Crippen LogP contribution in [0.4, 0.5) is 0 Å². The van der Waals surface area contributed by atoms with Gasteiger partial charge in [0.05, 0.1) is 0 Å². The van der Waals surface area contributed by atoms with E-state index >= 15 is 0 Å². The van der Waals surface area contributed by atoms with Crippen LogP contribution in [0.15, 0.2) is 18.2 Å². The molecule has 1 heterocycles. The molecule has 1 aromatic carbocycles. The highest BCUT2D eigenvalue weighted by Crippen LogP contribution is 2.22. The van der Waals surface area contributed by atoms with Crippen molar-refractivity contribution in [3.05, 3.63) is 33.8 Å².